The van der Waals surface area contributed by atoms with E-state index in [9.17, 15) is 14.4 Å². The number of likely N-dealkylation sites (tertiary alicyclic amines) is 1. The van der Waals surface area contributed by atoms with Crippen molar-refractivity contribution in [2.45, 2.75) is 32.2 Å². The first-order valence-corrected chi connectivity index (χ1v) is 10.9. The molecule has 0 spiro atoms. The van der Waals surface area contributed by atoms with E-state index in [-0.39, 0.29) is 11.5 Å². The Morgan fingerprint density at radius 1 is 1.10 bits per heavy atom. The Labute approximate surface area is 183 Å². The van der Waals surface area contributed by atoms with E-state index in [0.29, 0.717) is 18.7 Å². The van der Waals surface area contributed by atoms with Crippen molar-refractivity contribution >= 4 is 11.8 Å². The third-order valence-electron chi connectivity index (χ3n) is 5.93. The maximum absolute atomic E-state index is 12.8. The van der Waals surface area contributed by atoms with Crippen LogP contribution in [0, 0.1) is 5.92 Å². The minimum Gasteiger partial charge on any atom is -0.355 e. The Hall–Kier alpha value is -2.93. The van der Waals surface area contributed by atoms with Gasteiger partial charge in [-0.1, -0.05) is 30.3 Å². The first-order valence-electron chi connectivity index (χ1n) is 10.9. The van der Waals surface area contributed by atoms with Crippen molar-refractivity contribution in [3.63, 3.8) is 0 Å². The van der Waals surface area contributed by atoms with Gasteiger partial charge in [0, 0.05) is 19.8 Å². The zero-order valence-electron chi connectivity index (χ0n) is 18.4. The standard InChI is InChI=1S/C24H32N4O3/c1-25-23(30)21-15-20(17-28(24(21)31)16-19-7-4-3-5-8-19)22(29)26-12-6-9-18-10-13-27(2)14-11-18/h3-5,7-8,15,17-18H,6,9-14,16H2,1-2H3,(H,25,30)(H,26,29). The van der Waals surface area contributed by atoms with Gasteiger partial charge in [0.1, 0.15) is 5.56 Å². The summed E-state index contributed by atoms with van der Waals surface area (Å²) in [5.74, 6) is -0.0418. The van der Waals surface area contributed by atoms with Gasteiger partial charge in [-0.05, 0) is 63.4 Å². The Morgan fingerprint density at radius 2 is 1.81 bits per heavy atom. The topological polar surface area (TPSA) is 83.4 Å². The van der Waals surface area contributed by atoms with Gasteiger partial charge in [-0.25, -0.2) is 0 Å². The lowest BCUT2D eigenvalue weighted by molar-refractivity contribution is 0.0950. The van der Waals surface area contributed by atoms with E-state index in [1.54, 1.807) is 0 Å². The number of aromatic nitrogens is 1. The van der Waals surface area contributed by atoms with Crippen LogP contribution in [0.1, 0.15) is 52.0 Å². The summed E-state index contributed by atoms with van der Waals surface area (Å²) >= 11 is 0. The predicted octanol–water partition coefficient (Wildman–Crippen LogP) is 2.11. The number of piperidine rings is 1. The van der Waals surface area contributed by atoms with Gasteiger partial charge in [-0.2, -0.15) is 0 Å². The molecule has 2 aromatic rings. The van der Waals surface area contributed by atoms with E-state index < -0.39 is 11.5 Å². The highest BCUT2D eigenvalue weighted by Gasteiger charge is 2.18. The number of hydrogen-bond donors (Lipinski definition) is 2. The van der Waals surface area contributed by atoms with Crippen LogP contribution in [0.15, 0.2) is 47.4 Å². The normalized spacial score (nSPS) is 14.9. The lowest BCUT2D eigenvalue weighted by Gasteiger charge is -2.28. The Balaban J connectivity index is 1.67. The van der Waals surface area contributed by atoms with E-state index in [2.05, 4.69) is 22.6 Å². The maximum atomic E-state index is 12.8. The highest BCUT2D eigenvalue weighted by atomic mass is 16.2. The van der Waals surface area contributed by atoms with E-state index >= 15 is 0 Å². The molecule has 3 rings (SSSR count). The third kappa shape index (κ3) is 6.28. The zero-order chi connectivity index (χ0) is 22.2. The summed E-state index contributed by atoms with van der Waals surface area (Å²) in [6, 6.07) is 10.9. The molecule has 0 unspecified atom stereocenters. The van der Waals surface area contributed by atoms with Crippen LogP contribution >= 0.6 is 0 Å². The molecule has 1 aromatic heterocycles. The van der Waals surface area contributed by atoms with Gasteiger partial charge in [0.05, 0.1) is 12.1 Å². The number of rotatable bonds is 8. The summed E-state index contributed by atoms with van der Waals surface area (Å²) in [5.41, 5.74) is 0.788. The highest BCUT2D eigenvalue weighted by Crippen LogP contribution is 2.20. The Morgan fingerprint density at radius 3 is 2.48 bits per heavy atom. The van der Waals surface area contributed by atoms with Gasteiger partial charge in [0.15, 0.2) is 0 Å². The number of nitrogens with one attached hydrogen (secondary N) is 2. The largest absolute Gasteiger partial charge is 0.355 e. The second-order valence-corrected chi connectivity index (χ2v) is 8.29. The maximum Gasteiger partial charge on any atom is 0.263 e. The molecule has 166 valence electrons. The van der Waals surface area contributed by atoms with Crippen LogP contribution in [0.5, 0.6) is 0 Å². The first-order chi connectivity index (χ1) is 15.0. The highest BCUT2D eigenvalue weighted by molar-refractivity contribution is 5.99. The molecule has 1 aliphatic rings. The summed E-state index contributed by atoms with van der Waals surface area (Å²) in [6.07, 6.45) is 5.99. The van der Waals surface area contributed by atoms with Crippen LogP contribution in [0.4, 0.5) is 0 Å². The first kappa shape index (κ1) is 22.7. The van der Waals surface area contributed by atoms with Gasteiger partial charge < -0.3 is 20.1 Å². The number of nitrogens with zero attached hydrogens (tertiary/aromatic N) is 2. The molecule has 31 heavy (non-hydrogen) atoms. The Kier molecular flexibility index (Phi) is 8.00. The van der Waals surface area contributed by atoms with Gasteiger partial charge in [-0.15, -0.1) is 0 Å². The SMILES string of the molecule is CNC(=O)c1cc(C(=O)NCCCC2CCN(C)CC2)cn(Cc2ccccc2)c1=O. The molecule has 0 atom stereocenters. The second kappa shape index (κ2) is 10.9. The molecule has 2 amide bonds. The fourth-order valence-electron chi connectivity index (χ4n) is 4.00. The molecule has 0 bridgehead atoms. The van der Waals surface area contributed by atoms with Gasteiger partial charge in [0.2, 0.25) is 0 Å². The molecule has 0 aliphatic carbocycles. The van der Waals surface area contributed by atoms with Gasteiger partial charge >= 0.3 is 0 Å². The fraction of sp³-hybridized carbons (Fsp3) is 0.458. The number of hydrogen-bond acceptors (Lipinski definition) is 4. The average molecular weight is 425 g/mol. The lowest BCUT2D eigenvalue weighted by atomic mass is 9.92. The lowest BCUT2D eigenvalue weighted by Crippen LogP contribution is -2.34. The molecule has 1 saturated heterocycles. The monoisotopic (exact) mass is 424 g/mol. The van der Waals surface area contributed by atoms with Crippen molar-refractivity contribution < 1.29 is 9.59 Å². The van der Waals surface area contributed by atoms with Crippen LogP contribution in [-0.2, 0) is 6.54 Å². The summed E-state index contributed by atoms with van der Waals surface area (Å²) < 4.78 is 1.42. The van der Waals surface area contributed by atoms with Gasteiger partial charge in [-0.3, -0.25) is 14.4 Å². The van der Waals surface area contributed by atoms with Crippen molar-refractivity contribution in [3.05, 3.63) is 69.6 Å². The minimum absolute atomic E-state index is 0.0302. The van der Waals surface area contributed by atoms with Crippen molar-refractivity contribution in [3.8, 4) is 0 Å². The Bertz CT molecular complexity index is 947. The molecule has 1 fully saturated rings. The molecule has 0 radical (unpaired) electrons. The third-order valence-corrected chi connectivity index (χ3v) is 5.93. The number of pyridine rings is 1. The smallest absolute Gasteiger partial charge is 0.263 e. The average Bonchev–Trinajstić information content (AvgIpc) is 2.79. The summed E-state index contributed by atoms with van der Waals surface area (Å²) in [7, 11) is 3.62. The summed E-state index contributed by atoms with van der Waals surface area (Å²) in [4.78, 5) is 40.1. The number of carbonyl (C=O) groups excluding carboxylic acids is 2. The molecule has 7 nitrogen and oxygen atoms in total. The molecule has 2 heterocycles. The van der Waals surface area contributed by atoms with Crippen LogP contribution in [0.25, 0.3) is 0 Å². The van der Waals surface area contributed by atoms with Crippen molar-refractivity contribution in [2.75, 3.05) is 33.7 Å². The van der Waals surface area contributed by atoms with Crippen molar-refractivity contribution in [1.82, 2.24) is 20.1 Å². The number of benzene rings is 1. The van der Waals surface area contributed by atoms with Crippen LogP contribution < -0.4 is 16.2 Å². The van der Waals surface area contributed by atoms with Crippen molar-refractivity contribution in [1.29, 1.82) is 0 Å². The number of amides is 2. The molecule has 1 aromatic carbocycles. The van der Waals surface area contributed by atoms with Crippen LogP contribution in [0.3, 0.4) is 0 Å². The van der Waals surface area contributed by atoms with Crippen LogP contribution in [0.2, 0.25) is 0 Å². The molecule has 1 aliphatic heterocycles. The van der Waals surface area contributed by atoms with Crippen LogP contribution in [-0.4, -0.2) is 55.0 Å². The summed E-state index contributed by atoms with van der Waals surface area (Å²) in [6.45, 7) is 3.16. The molecular weight excluding hydrogens is 392 g/mol. The summed E-state index contributed by atoms with van der Waals surface area (Å²) in [5, 5.41) is 5.43. The molecule has 0 saturated carbocycles. The minimum atomic E-state index is -0.497. The number of carbonyl (C=O) groups is 2. The zero-order valence-corrected chi connectivity index (χ0v) is 18.4. The quantitative estimate of drug-likeness (QED) is 0.636. The van der Waals surface area contributed by atoms with E-state index in [1.165, 1.54) is 36.7 Å². The van der Waals surface area contributed by atoms with E-state index in [1.807, 2.05) is 30.3 Å². The van der Waals surface area contributed by atoms with E-state index in [0.717, 1.165) is 37.4 Å². The predicted molar refractivity (Wildman–Crippen MR) is 121 cm³/mol. The van der Waals surface area contributed by atoms with E-state index in [4.69, 9.17) is 0 Å². The fourth-order valence-corrected chi connectivity index (χ4v) is 4.00. The molecule has 7 heteroatoms. The second-order valence-electron chi connectivity index (χ2n) is 8.29. The molecular formula is C24H32N4O3. The van der Waals surface area contributed by atoms with Gasteiger partial charge in [0.25, 0.3) is 17.4 Å². The van der Waals surface area contributed by atoms with Crippen molar-refractivity contribution in [2.24, 2.45) is 5.92 Å². The molecule has 2 N–H and O–H groups in total.